The summed E-state index contributed by atoms with van der Waals surface area (Å²) in [5, 5.41) is 5.81. The molecule has 0 radical (unpaired) electrons. The van der Waals surface area contributed by atoms with Crippen molar-refractivity contribution in [1.82, 2.24) is 15.4 Å². The minimum absolute atomic E-state index is 0.0348. The Hall–Kier alpha value is -3.48. The van der Waals surface area contributed by atoms with Gasteiger partial charge in [-0.05, 0) is 98.6 Å². The van der Waals surface area contributed by atoms with E-state index in [1.165, 1.54) is 5.56 Å². The number of ether oxygens (including phenoxy) is 1. The first kappa shape index (κ1) is 46.2. The summed E-state index contributed by atoms with van der Waals surface area (Å²) < 4.78 is 33.0. The van der Waals surface area contributed by atoms with Crippen molar-refractivity contribution in [3.63, 3.8) is 0 Å². The van der Waals surface area contributed by atoms with Crippen LogP contribution in [0.4, 0.5) is 11.4 Å². The number of amides is 2. The Morgan fingerprint density at radius 3 is 2.18 bits per heavy atom. The SMILES string of the molecule is CCN(CNS(C)(=O)=O)c1ccc(N=C(C(=O)NC2CC3(CCC2Cl)NC(=O)C3(CC)Oc2ccc(C(C)(C)CC)cc2C(C)(C)CC)C(=O)C(C)(C)C)c(C)c1. The summed E-state index contributed by atoms with van der Waals surface area (Å²) in [6.07, 6.45) is 4.72. The number of anilines is 1. The van der Waals surface area contributed by atoms with E-state index >= 15 is 0 Å². The molecule has 1 heterocycles. The highest BCUT2D eigenvalue weighted by atomic mass is 35.5. The first-order valence-corrected chi connectivity index (χ1v) is 22.7. The molecule has 4 rings (SSSR count). The molecule has 2 aliphatic rings. The maximum Gasteiger partial charge on any atom is 0.273 e. The van der Waals surface area contributed by atoms with Gasteiger partial charge >= 0.3 is 0 Å². The molecule has 57 heavy (non-hydrogen) atoms. The van der Waals surface area contributed by atoms with Crippen LogP contribution in [0.5, 0.6) is 5.75 Å². The highest BCUT2D eigenvalue weighted by Gasteiger charge is 2.69. The number of Topliss-reactive ketones (excluding diaryl/α,β-unsaturated/α-hetero) is 1. The van der Waals surface area contributed by atoms with Gasteiger partial charge < -0.3 is 20.3 Å². The van der Waals surface area contributed by atoms with Crippen LogP contribution in [-0.4, -0.2) is 73.8 Å². The van der Waals surface area contributed by atoms with Gasteiger partial charge in [0.1, 0.15) is 5.75 Å². The Balaban J connectivity index is 1.68. The first-order valence-electron chi connectivity index (χ1n) is 20.4. The van der Waals surface area contributed by atoms with Gasteiger partial charge in [0.2, 0.25) is 15.6 Å². The van der Waals surface area contributed by atoms with E-state index in [1.807, 2.05) is 37.8 Å². The van der Waals surface area contributed by atoms with Crippen LogP contribution in [-0.2, 0) is 35.2 Å². The zero-order valence-electron chi connectivity index (χ0n) is 36.4. The van der Waals surface area contributed by atoms with Gasteiger partial charge in [-0.2, -0.15) is 4.72 Å². The second-order valence-electron chi connectivity index (χ2n) is 18.3. The molecule has 2 amide bonds. The van der Waals surface area contributed by atoms with Crippen LogP contribution in [0.15, 0.2) is 41.4 Å². The van der Waals surface area contributed by atoms with Gasteiger partial charge in [-0.3, -0.25) is 14.4 Å². The fourth-order valence-corrected chi connectivity index (χ4v) is 8.36. The normalized spacial score (nSPS) is 23.1. The molecular weight excluding hydrogens is 762 g/mol. The fourth-order valence-electron chi connectivity index (χ4n) is 7.71. The van der Waals surface area contributed by atoms with E-state index in [9.17, 15) is 22.8 Å². The number of nitrogens with one attached hydrogen (secondary N) is 3. The monoisotopic (exact) mass is 827 g/mol. The minimum atomic E-state index is -3.40. The smallest absolute Gasteiger partial charge is 0.273 e. The van der Waals surface area contributed by atoms with Gasteiger partial charge in [0, 0.05) is 29.3 Å². The average Bonchev–Trinajstić information content (AvgIpc) is 3.13. The van der Waals surface area contributed by atoms with Crippen LogP contribution in [0.1, 0.15) is 131 Å². The molecule has 0 bridgehead atoms. The van der Waals surface area contributed by atoms with E-state index in [0.29, 0.717) is 49.2 Å². The molecule has 316 valence electrons. The highest BCUT2D eigenvalue weighted by Crippen LogP contribution is 2.50. The minimum Gasteiger partial charge on any atom is -0.475 e. The van der Waals surface area contributed by atoms with Crippen molar-refractivity contribution < 1.29 is 27.5 Å². The molecule has 11 nitrogen and oxygen atoms in total. The topological polar surface area (TPSA) is 146 Å². The van der Waals surface area contributed by atoms with Crippen molar-refractivity contribution in [2.75, 3.05) is 24.4 Å². The van der Waals surface area contributed by atoms with Crippen LogP contribution < -0.4 is 25.0 Å². The molecule has 4 unspecified atom stereocenters. The summed E-state index contributed by atoms with van der Waals surface area (Å²) in [6.45, 7) is 24.7. The van der Waals surface area contributed by atoms with Crippen molar-refractivity contribution in [1.29, 1.82) is 0 Å². The van der Waals surface area contributed by atoms with Crippen LogP contribution in [0.3, 0.4) is 0 Å². The van der Waals surface area contributed by atoms with Gasteiger partial charge in [0.15, 0.2) is 11.5 Å². The summed E-state index contributed by atoms with van der Waals surface area (Å²) >= 11 is 6.98. The lowest BCUT2D eigenvalue weighted by Gasteiger charge is -2.60. The van der Waals surface area contributed by atoms with E-state index in [-0.39, 0.29) is 29.1 Å². The molecule has 3 N–H and O–H groups in total. The molecule has 4 atom stereocenters. The number of carbonyl (C=O) groups excluding carboxylic acids is 3. The summed E-state index contributed by atoms with van der Waals surface area (Å²) in [5.74, 6) is -0.591. The molecule has 1 aliphatic carbocycles. The molecule has 1 aliphatic heterocycles. The summed E-state index contributed by atoms with van der Waals surface area (Å²) in [7, 11) is -3.40. The number of rotatable bonds is 16. The molecule has 2 aromatic rings. The van der Waals surface area contributed by atoms with Gasteiger partial charge in [0.25, 0.3) is 11.8 Å². The Morgan fingerprint density at radius 1 is 1.00 bits per heavy atom. The largest absolute Gasteiger partial charge is 0.475 e. The highest BCUT2D eigenvalue weighted by molar-refractivity contribution is 7.88. The van der Waals surface area contributed by atoms with E-state index in [4.69, 9.17) is 16.3 Å². The number of nitrogens with zero attached hydrogens (tertiary/aromatic N) is 2. The second kappa shape index (κ2) is 17.0. The average molecular weight is 829 g/mol. The van der Waals surface area contributed by atoms with Crippen molar-refractivity contribution in [3.8, 4) is 5.75 Å². The number of hydrogen-bond donors (Lipinski definition) is 3. The van der Waals surface area contributed by atoms with Crippen molar-refractivity contribution >= 4 is 56.3 Å². The Bertz CT molecular complexity index is 1990. The summed E-state index contributed by atoms with van der Waals surface area (Å²) in [5.41, 5.74) is 0.719. The lowest BCUT2D eigenvalue weighted by atomic mass is 9.61. The molecule has 1 spiro atoms. The maximum atomic E-state index is 14.3. The maximum absolute atomic E-state index is 14.3. The van der Waals surface area contributed by atoms with Crippen LogP contribution in [0, 0.1) is 12.3 Å². The van der Waals surface area contributed by atoms with Gasteiger partial charge in [-0.1, -0.05) is 81.4 Å². The Kier molecular flexibility index (Phi) is 13.8. The van der Waals surface area contributed by atoms with Crippen molar-refractivity contribution in [3.05, 3.63) is 53.1 Å². The molecule has 0 aromatic heterocycles. The molecule has 2 fully saturated rings. The predicted octanol–water partition coefficient (Wildman–Crippen LogP) is 7.76. The molecule has 13 heteroatoms. The molecule has 1 saturated carbocycles. The van der Waals surface area contributed by atoms with Crippen LogP contribution in [0.2, 0.25) is 0 Å². The van der Waals surface area contributed by atoms with Crippen LogP contribution >= 0.6 is 11.6 Å². The third-order valence-corrected chi connectivity index (χ3v) is 13.7. The summed E-state index contributed by atoms with van der Waals surface area (Å²) in [6, 6.07) is 11.1. The Morgan fingerprint density at radius 2 is 1.65 bits per heavy atom. The summed E-state index contributed by atoms with van der Waals surface area (Å²) in [4.78, 5) is 48.5. The molecule has 1 saturated heterocycles. The van der Waals surface area contributed by atoms with Crippen LogP contribution in [0.25, 0.3) is 0 Å². The van der Waals surface area contributed by atoms with Gasteiger partial charge in [0.05, 0.1) is 29.5 Å². The van der Waals surface area contributed by atoms with E-state index in [0.717, 1.165) is 30.3 Å². The number of aliphatic imine (C=N–C) groups is 1. The quantitative estimate of drug-likeness (QED) is 0.0516. The lowest BCUT2D eigenvalue weighted by Crippen LogP contribution is -2.85. The van der Waals surface area contributed by atoms with E-state index < -0.39 is 49.7 Å². The molecule has 2 aromatic carbocycles. The number of ketones is 1. The number of sulfonamides is 1. The molecular formula is C44H66ClN5O6S. The number of benzene rings is 2. The zero-order valence-corrected chi connectivity index (χ0v) is 38.0. The van der Waals surface area contributed by atoms with Gasteiger partial charge in [-0.25, -0.2) is 13.4 Å². The zero-order chi connectivity index (χ0) is 42.9. The number of hydrogen-bond acceptors (Lipinski definition) is 8. The number of carbonyl (C=O) groups is 3. The third kappa shape index (κ3) is 9.71. The standard InChI is InChI=1S/C44H66ClN5O6S/c1-14-41(9,10)29-18-21-35(31(25-29)42(11,12)15-2)56-44(16-3)39(53)49-43(44)23-22-32(45)34(26-43)48-38(52)36(37(51)40(6,7)8)47-33-20-19-30(24-28(33)5)50(17-4)27-46-57(13,54)55/h18-21,24-25,32,34,46H,14-17,22-23,26-27H2,1-13H3,(H,48,52)(H,49,53). The lowest BCUT2D eigenvalue weighted by molar-refractivity contribution is -0.176. The number of β-lactam (4-membered cyclic amide) rings is 1. The predicted molar refractivity (Wildman–Crippen MR) is 232 cm³/mol. The van der Waals surface area contributed by atoms with E-state index in [2.05, 4.69) is 74.0 Å². The van der Waals surface area contributed by atoms with Crippen molar-refractivity contribution in [2.24, 2.45) is 10.4 Å². The van der Waals surface area contributed by atoms with E-state index in [1.54, 1.807) is 32.9 Å². The first-order chi connectivity index (χ1) is 26.3. The number of halogens is 1. The second-order valence-corrected chi connectivity index (χ2v) is 20.7. The van der Waals surface area contributed by atoms with Crippen molar-refractivity contribution in [2.45, 2.75) is 155 Å². The third-order valence-electron chi connectivity index (χ3n) is 12.5. The number of alkyl halides is 1. The Labute approximate surface area is 346 Å². The number of aryl methyl sites for hydroxylation is 1. The van der Waals surface area contributed by atoms with Gasteiger partial charge in [-0.15, -0.1) is 11.6 Å². The fraction of sp³-hybridized carbons (Fsp3) is 0.636.